The number of nitrogens with one attached hydrogen (secondary N) is 2. The average Bonchev–Trinajstić information content (AvgIpc) is 3.29. The zero-order valence-electron chi connectivity index (χ0n) is 14.4. The highest BCUT2D eigenvalue weighted by Crippen LogP contribution is 2.18. The highest BCUT2D eigenvalue weighted by Gasteiger charge is 2.16. The maximum absolute atomic E-state index is 12.3. The molecular weight excluding hydrogens is 352 g/mol. The van der Waals surface area contributed by atoms with Gasteiger partial charge in [-0.2, -0.15) is 0 Å². The molecule has 2 aromatic heterocycles. The van der Waals surface area contributed by atoms with Gasteiger partial charge in [-0.15, -0.1) is 16.4 Å². The summed E-state index contributed by atoms with van der Waals surface area (Å²) in [4.78, 5) is 25.6. The fraction of sp³-hybridized carbons (Fsp3) is 0.167. The number of methoxy groups -OCH3 is 1. The van der Waals surface area contributed by atoms with E-state index in [9.17, 15) is 9.59 Å². The Bertz CT molecular complexity index is 901. The van der Waals surface area contributed by atoms with Crippen LogP contribution in [0.1, 0.15) is 25.6 Å². The molecule has 2 heterocycles. The zero-order valence-corrected chi connectivity index (χ0v) is 15.2. The first kappa shape index (κ1) is 17.7. The van der Waals surface area contributed by atoms with Crippen LogP contribution in [-0.4, -0.2) is 28.7 Å². The molecule has 0 aliphatic carbocycles. The standard InChI is InChI=1S/C18H18N4O3S/c1-22-11-15(18(21-22)25-2)17(24)20-13-7-5-12(6-8-13)16(23)19-10-14-4-3-9-26-14/h3-9,11H,10H2,1-2H3,(H,19,23)(H,20,24). The van der Waals surface area contributed by atoms with Gasteiger partial charge in [0.1, 0.15) is 5.56 Å². The molecule has 8 heteroatoms. The lowest BCUT2D eigenvalue weighted by Crippen LogP contribution is -2.22. The minimum absolute atomic E-state index is 0.162. The predicted octanol–water partition coefficient (Wildman–Crippen LogP) is 2.67. The number of ether oxygens (including phenoxy) is 1. The van der Waals surface area contributed by atoms with Crippen LogP contribution in [0.4, 0.5) is 5.69 Å². The van der Waals surface area contributed by atoms with Gasteiger partial charge in [-0.25, -0.2) is 0 Å². The van der Waals surface area contributed by atoms with Gasteiger partial charge < -0.3 is 15.4 Å². The topological polar surface area (TPSA) is 85.2 Å². The van der Waals surface area contributed by atoms with Crippen molar-refractivity contribution in [1.29, 1.82) is 0 Å². The largest absolute Gasteiger partial charge is 0.479 e. The average molecular weight is 370 g/mol. The van der Waals surface area contributed by atoms with Crippen LogP contribution in [0.15, 0.2) is 48.0 Å². The summed E-state index contributed by atoms with van der Waals surface area (Å²) in [6, 6.07) is 10.6. The number of aromatic nitrogens is 2. The third-order valence-corrected chi connectivity index (χ3v) is 4.52. The van der Waals surface area contributed by atoms with E-state index in [-0.39, 0.29) is 17.7 Å². The highest BCUT2D eigenvalue weighted by molar-refractivity contribution is 7.09. The normalized spacial score (nSPS) is 10.4. The van der Waals surface area contributed by atoms with Gasteiger partial charge in [-0.3, -0.25) is 14.3 Å². The molecule has 0 unspecified atom stereocenters. The maximum atomic E-state index is 12.3. The Morgan fingerprint density at radius 3 is 2.62 bits per heavy atom. The van der Waals surface area contributed by atoms with Crippen LogP contribution >= 0.6 is 11.3 Å². The first-order valence-corrected chi connectivity index (χ1v) is 8.74. The Kier molecular flexibility index (Phi) is 5.33. The quantitative estimate of drug-likeness (QED) is 0.699. The van der Waals surface area contributed by atoms with Crippen molar-refractivity contribution in [2.45, 2.75) is 6.54 Å². The maximum Gasteiger partial charge on any atom is 0.262 e. The molecule has 0 fully saturated rings. The Labute approximate surface area is 154 Å². The summed E-state index contributed by atoms with van der Waals surface area (Å²) >= 11 is 1.59. The van der Waals surface area contributed by atoms with Gasteiger partial charge in [0, 0.05) is 29.4 Å². The second-order valence-corrected chi connectivity index (χ2v) is 6.55. The minimum Gasteiger partial charge on any atom is -0.479 e. The van der Waals surface area contributed by atoms with Crippen LogP contribution < -0.4 is 15.4 Å². The van der Waals surface area contributed by atoms with Crippen molar-refractivity contribution in [1.82, 2.24) is 15.1 Å². The van der Waals surface area contributed by atoms with Gasteiger partial charge in [-0.05, 0) is 35.7 Å². The highest BCUT2D eigenvalue weighted by atomic mass is 32.1. The molecule has 134 valence electrons. The number of amides is 2. The number of anilines is 1. The molecule has 2 amide bonds. The Hall–Kier alpha value is -3.13. The van der Waals surface area contributed by atoms with E-state index in [2.05, 4.69) is 15.7 Å². The van der Waals surface area contributed by atoms with Crippen molar-refractivity contribution in [3.63, 3.8) is 0 Å². The first-order valence-electron chi connectivity index (χ1n) is 7.86. The van der Waals surface area contributed by atoms with E-state index in [1.165, 1.54) is 11.8 Å². The monoisotopic (exact) mass is 370 g/mol. The van der Waals surface area contributed by atoms with Crippen LogP contribution in [0.25, 0.3) is 0 Å². The molecule has 0 spiro atoms. The number of hydrogen-bond donors (Lipinski definition) is 2. The summed E-state index contributed by atoms with van der Waals surface area (Å²) in [5.74, 6) is -0.232. The Morgan fingerprint density at radius 2 is 1.96 bits per heavy atom. The number of thiophene rings is 1. The SMILES string of the molecule is COc1nn(C)cc1C(=O)Nc1ccc(C(=O)NCc2cccs2)cc1. The summed E-state index contributed by atoms with van der Waals surface area (Å²) in [7, 11) is 3.17. The van der Waals surface area contributed by atoms with Crippen molar-refractivity contribution < 1.29 is 14.3 Å². The van der Waals surface area contributed by atoms with Crippen LogP contribution in [0.3, 0.4) is 0 Å². The van der Waals surface area contributed by atoms with Gasteiger partial charge in [0.05, 0.1) is 13.7 Å². The number of rotatable bonds is 6. The molecule has 0 saturated heterocycles. The third kappa shape index (κ3) is 4.09. The molecule has 0 radical (unpaired) electrons. The molecule has 0 saturated carbocycles. The number of hydrogen-bond acceptors (Lipinski definition) is 5. The first-order chi connectivity index (χ1) is 12.6. The van der Waals surface area contributed by atoms with E-state index in [0.717, 1.165) is 4.88 Å². The molecule has 0 aliphatic rings. The minimum atomic E-state index is -0.329. The Morgan fingerprint density at radius 1 is 1.19 bits per heavy atom. The molecule has 3 rings (SSSR count). The van der Waals surface area contributed by atoms with Gasteiger partial charge in [0.25, 0.3) is 11.8 Å². The van der Waals surface area contributed by atoms with E-state index >= 15 is 0 Å². The van der Waals surface area contributed by atoms with Gasteiger partial charge in [0.2, 0.25) is 5.88 Å². The van der Waals surface area contributed by atoms with E-state index in [1.807, 2.05) is 17.5 Å². The van der Waals surface area contributed by atoms with Crippen molar-refractivity contribution in [3.8, 4) is 5.88 Å². The van der Waals surface area contributed by atoms with Gasteiger partial charge in [-0.1, -0.05) is 6.07 Å². The van der Waals surface area contributed by atoms with Crippen LogP contribution in [0.5, 0.6) is 5.88 Å². The number of carbonyl (C=O) groups is 2. The molecule has 3 aromatic rings. The number of aryl methyl sites for hydroxylation is 1. The van der Waals surface area contributed by atoms with Gasteiger partial charge in [0.15, 0.2) is 0 Å². The van der Waals surface area contributed by atoms with Crippen LogP contribution in [0.2, 0.25) is 0 Å². The molecular formula is C18H18N4O3S. The molecule has 0 aliphatic heterocycles. The number of nitrogens with zero attached hydrogens (tertiary/aromatic N) is 2. The number of carbonyl (C=O) groups excluding carboxylic acids is 2. The molecule has 0 atom stereocenters. The van der Waals surface area contributed by atoms with E-state index in [1.54, 1.807) is 48.8 Å². The predicted molar refractivity (Wildman–Crippen MR) is 99.6 cm³/mol. The summed E-state index contributed by atoms with van der Waals surface area (Å²) < 4.78 is 6.60. The smallest absolute Gasteiger partial charge is 0.262 e. The zero-order chi connectivity index (χ0) is 18.5. The van der Waals surface area contributed by atoms with Crippen LogP contribution in [0, 0.1) is 0 Å². The fourth-order valence-corrected chi connectivity index (χ4v) is 3.01. The van der Waals surface area contributed by atoms with E-state index in [4.69, 9.17) is 4.74 Å². The molecule has 2 N–H and O–H groups in total. The van der Waals surface area contributed by atoms with Crippen molar-refractivity contribution in [2.75, 3.05) is 12.4 Å². The lowest BCUT2D eigenvalue weighted by Gasteiger charge is -2.07. The lowest BCUT2D eigenvalue weighted by atomic mass is 10.2. The second-order valence-electron chi connectivity index (χ2n) is 5.52. The summed E-state index contributed by atoms with van der Waals surface area (Å²) in [6.07, 6.45) is 1.58. The molecule has 0 bridgehead atoms. The van der Waals surface area contributed by atoms with E-state index in [0.29, 0.717) is 23.4 Å². The van der Waals surface area contributed by atoms with Crippen LogP contribution in [-0.2, 0) is 13.6 Å². The molecule has 1 aromatic carbocycles. The summed E-state index contributed by atoms with van der Waals surface area (Å²) in [5, 5.41) is 11.6. The summed E-state index contributed by atoms with van der Waals surface area (Å²) in [5.41, 5.74) is 1.45. The number of benzene rings is 1. The lowest BCUT2D eigenvalue weighted by molar-refractivity contribution is 0.0950. The third-order valence-electron chi connectivity index (χ3n) is 3.64. The second kappa shape index (κ2) is 7.83. The van der Waals surface area contributed by atoms with Crippen molar-refractivity contribution in [2.24, 2.45) is 7.05 Å². The molecule has 26 heavy (non-hydrogen) atoms. The van der Waals surface area contributed by atoms with Crippen molar-refractivity contribution in [3.05, 3.63) is 64.0 Å². The fourth-order valence-electron chi connectivity index (χ4n) is 2.36. The summed E-state index contributed by atoms with van der Waals surface area (Å²) in [6.45, 7) is 0.496. The van der Waals surface area contributed by atoms with E-state index < -0.39 is 0 Å². The molecule has 7 nitrogen and oxygen atoms in total. The van der Waals surface area contributed by atoms with Crippen molar-refractivity contribution >= 4 is 28.8 Å². The van der Waals surface area contributed by atoms with Gasteiger partial charge >= 0.3 is 0 Å². The Balaban J connectivity index is 1.61.